The lowest BCUT2D eigenvalue weighted by atomic mass is 10.1. The molecule has 0 aliphatic rings. The molecule has 0 N–H and O–H groups in total. The molecule has 0 fully saturated rings. The number of rotatable bonds is 6. The Morgan fingerprint density at radius 1 is 0.417 bits per heavy atom. The Morgan fingerprint density at radius 3 is 1.19 bits per heavy atom. The molecule has 0 aromatic carbocycles. The van der Waals surface area contributed by atoms with Crippen LogP contribution in [-0.4, -0.2) is 29.9 Å². The fourth-order valence-electron chi connectivity index (χ4n) is 2.98. The zero-order valence-electron chi connectivity index (χ0n) is 24.6. The molecule has 0 saturated heterocycles. The van der Waals surface area contributed by atoms with Crippen molar-refractivity contribution < 1.29 is 0 Å². The van der Waals surface area contributed by atoms with Crippen molar-refractivity contribution in [3.05, 3.63) is 71.3 Å². The van der Waals surface area contributed by atoms with E-state index in [0.29, 0.717) is 35.5 Å². The minimum atomic E-state index is 0.380. The van der Waals surface area contributed by atoms with Gasteiger partial charge in [-0.15, -0.1) is 0 Å². The van der Waals surface area contributed by atoms with Crippen LogP contribution in [0.2, 0.25) is 0 Å². The maximum Gasteiger partial charge on any atom is 0.134 e. The third-order valence-corrected chi connectivity index (χ3v) is 5.42. The van der Waals surface area contributed by atoms with Gasteiger partial charge in [-0.2, -0.15) is 0 Å². The number of pyridine rings is 1. The summed E-state index contributed by atoms with van der Waals surface area (Å²) >= 11 is 0. The maximum absolute atomic E-state index is 4.57. The van der Waals surface area contributed by atoms with Crippen molar-refractivity contribution in [3.8, 4) is 0 Å². The molecule has 198 valence electrons. The number of hydrogen-bond acceptors (Lipinski definition) is 6. The molecular weight excluding hydrogens is 444 g/mol. The van der Waals surface area contributed by atoms with Crippen LogP contribution in [0.3, 0.4) is 0 Å². The van der Waals surface area contributed by atoms with E-state index in [4.69, 9.17) is 0 Å². The summed E-state index contributed by atoms with van der Waals surface area (Å²) in [4.78, 5) is 25.8. The first-order chi connectivity index (χ1) is 16.8. The van der Waals surface area contributed by atoms with E-state index in [1.807, 2.05) is 12.3 Å². The standard InChI is InChI=1S/C11H17N.C10H16N2.C9H15N3/c1-8(2)10-6-5-7-11(12-10)9(3)4;1-7(2)9-5-6-11-10(12-9)8(3)4;1-6(2)8-10-5-11-9(12-8)7(3)4/h5-9H,1-4H3;5-8H,1-4H3;5-7H,1-4H3. The van der Waals surface area contributed by atoms with E-state index in [1.54, 1.807) is 6.33 Å². The Kier molecular flexibility index (Phi) is 13.4. The fourth-order valence-corrected chi connectivity index (χ4v) is 2.98. The normalized spacial score (nSPS) is 11.2. The van der Waals surface area contributed by atoms with Gasteiger partial charge >= 0.3 is 0 Å². The summed E-state index contributed by atoms with van der Waals surface area (Å²) in [6, 6.07) is 8.27. The minimum absolute atomic E-state index is 0.380. The molecule has 3 aromatic rings. The van der Waals surface area contributed by atoms with Crippen molar-refractivity contribution in [2.24, 2.45) is 0 Å². The van der Waals surface area contributed by atoms with Gasteiger partial charge in [-0.1, -0.05) is 89.2 Å². The molecule has 3 heterocycles. The summed E-state index contributed by atoms with van der Waals surface area (Å²) in [5.41, 5.74) is 3.52. The average Bonchev–Trinajstić information content (AvgIpc) is 2.85. The van der Waals surface area contributed by atoms with Gasteiger partial charge in [0.15, 0.2) is 0 Å². The van der Waals surface area contributed by atoms with Crippen LogP contribution < -0.4 is 0 Å². The van der Waals surface area contributed by atoms with Gasteiger partial charge in [-0.3, -0.25) is 4.98 Å². The zero-order chi connectivity index (χ0) is 27.4. The zero-order valence-corrected chi connectivity index (χ0v) is 24.6. The monoisotopic (exact) mass is 492 g/mol. The molecule has 0 saturated carbocycles. The lowest BCUT2D eigenvalue weighted by Gasteiger charge is -2.08. The summed E-state index contributed by atoms with van der Waals surface area (Å²) in [7, 11) is 0. The van der Waals surface area contributed by atoms with Gasteiger partial charge in [0.1, 0.15) is 23.8 Å². The van der Waals surface area contributed by atoms with Gasteiger partial charge in [0.25, 0.3) is 0 Å². The van der Waals surface area contributed by atoms with Gasteiger partial charge in [0.2, 0.25) is 0 Å². The van der Waals surface area contributed by atoms with Crippen LogP contribution in [0.5, 0.6) is 0 Å². The highest BCUT2D eigenvalue weighted by Crippen LogP contribution is 2.16. The molecule has 0 unspecified atom stereocenters. The summed E-state index contributed by atoms with van der Waals surface area (Å²) in [6.45, 7) is 25.5. The molecule has 0 radical (unpaired) electrons. The van der Waals surface area contributed by atoms with Gasteiger partial charge in [-0.25, -0.2) is 24.9 Å². The van der Waals surface area contributed by atoms with E-state index in [1.165, 1.54) is 11.4 Å². The van der Waals surface area contributed by atoms with E-state index in [9.17, 15) is 0 Å². The predicted octanol–water partition coefficient (Wildman–Crippen LogP) is 8.17. The number of nitrogens with zero attached hydrogens (tertiary/aromatic N) is 6. The van der Waals surface area contributed by atoms with Crippen molar-refractivity contribution >= 4 is 0 Å². The molecular formula is C30H48N6. The van der Waals surface area contributed by atoms with Gasteiger partial charge in [-0.05, 0) is 36.0 Å². The largest absolute Gasteiger partial charge is 0.257 e. The topological polar surface area (TPSA) is 77.3 Å². The second-order valence-corrected chi connectivity index (χ2v) is 11.0. The average molecular weight is 493 g/mol. The van der Waals surface area contributed by atoms with Gasteiger partial charge in [0.05, 0.1) is 0 Å². The molecule has 6 heteroatoms. The van der Waals surface area contributed by atoms with Crippen molar-refractivity contribution in [2.45, 2.75) is 119 Å². The van der Waals surface area contributed by atoms with E-state index in [-0.39, 0.29) is 0 Å². The highest BCUT2D eigenvalue weighted by Gasteiger charge is 2.07. The Hall–Kier alpha value is -2.76. The van der Waals surface area contributed by atoms with Crippen LogP contribution in [0.1, 0.15) is 153 Å². The second kappa shape index (κ2) is 15.4. The minimum Gasteiger partial charge on any atom is -0.257 e. The second-order valence-electron chi connectivity index (χ2n) is 11.0. The van der Waals surface area contributed by atoms with Crippen molar-refractivity contribution in [1.82, 2.24) is 29.9 Å². The summed E-state index contributed by atoms with van der Waals surface area (Å²) in [5, 5.41) is 0. The summed E-state index contributed by atoms with van der Waals surface area (Å²) in [5.74, 6) is 5.45. The Balaban J connectivity index is 0.000000270. The fraction of sp³-hybridized carbons (Fsp3) is 0.600. The van der Waals surface area contributed by atoms with Crippen LogP contribution in [0.4, 0.5) is 0 Å². The molecule has 0 spiro atoms. The lowest BCUT2D eigenvalue weighted by Crippen LogP contribution is -2.04. The molecule has 3 aromatic heterocycles. The highest BCUT2D eigenvalue weighted by molar-refractivity contribution is 5.15. The molecule has 0 atom stereocenters. The van der Waals surface area contributed by atoms with Crippen molar-refractivity contribution in [2.75, 3.05) is 0 Å². The molecule has 36 heavy (non-hydrogen) atoms. The highest BCUT2D eigenvalue weighted by atomic mass is 15.0. The van der Waals surface area contributed by atoms with Crippen LogP contribution in [0.25, 0.3) is 0 Å². The Morgan fingerprint density at radius 2 is 0.806 bits per heavy atom. The molecule has 3 rings (SSSR count). The predicted molar refractivity (Wildman–Crippen MR) is 151 cm³/mol. The number of aromatic nitrogens is 6. The SMILES string of the molecule is CC(C)c1cccc(C(C)C)n1.CC(C)c1ccnc(C(C)C)n1.CC(C)c1ncnc(C(C)C)n1. The van der Waals surface area contributed by atoms with E-state index >= 15 is 0 Å². The Labute approximate surface area is 219 Å². The third kappa shape index (κ3) is 10.9. The number of hydrogen-bond donors (Lipinski definition) is 0. The van der Waals surface area contributed by atoms with E-state index in [0.717, 1.165) is 23.2 Å². The van der Waals surface area contributed by atoms with Gasteiger partial charge < -0.3 is 0 Å². The first kappa shape index (κ1) is 31.3. The molecule has 0 aliphatic heterocycles. The molecule has 0 aliphatic carbocycles. The molecule has 0 amide bonds. The first-order valence-electron chi connectivity index (χ1n) is 13.3. The molecule has 6 nitrogen and oxygen atoms in total. The van der Waals surface area contributed by atoms with Crippen molar-refractivity contribution in [1.29, 1.82) is 0 Å². The van der Waals surface area contributed by atoms with Crippen LogP contribution >= 0.6 is 0 Å². The summed E-state index contributed by atoms with van der Waals surface area (Å²) < 4.78 is 0. The quantitative estimate of drug-likeness (QED) is 0.345. The Bertz CT molecular complexity index is 824. The van der Waals surface area contributed by atoms with E-state index < -0.39 is 0 Å². The van der Waals surface area contributed by atoms with Crippen LogP contribution in [-0.2, 0) is 0 Å². The van der Waals surface area contributed by atoms with E-state index in [2.05, 4.69) is 131 Å². The summed E-state index contributed by atoms with van der Waals surface area (Å²) in [6.07, 6.45) is 3.44. The van der Waals surface area contributed by atoms with Crippen LogP contribution in [0, 0.1) is 0 Å². The lowest BCUT2D eigenvalue weighted by molar-refractivity contribution is 0.693. The van der Waals surface area contributed by atoms with Crippen LogP contribution in [0.15, 0.2) is 36.8 Å². The first-order valence-corrected chi connectivity index (χ1v) is 13.3. The van der Waals surface area contributed by atoms with Crippen molar-refractivity contribution in [3.63, 3.8) is 0 Å². The molecule has 0 bridgehead atoms. The van der Waals surface area contributed by atoms with Gasteiger partial charge in [0, 0.05) is 41.0 Å². The smallest absolute Gasteiger partial charge is 0.134 e. The third-order valence-electron chi connectivity index (χ3n) is 5.42. The maximum atomic E-state index is 4.57.